The first-order valence-electron chi connectivity index (χ1n) is 9.42. The van der Waals surface area contributed by atoms with Crippen LogP contribution in [0, 0.1) is 0 Å². The van der Waals surface area contributed by atoms with Gasteiger partial charge in [-0.2, -0.15) is 0 Å². The lowest BCUT2D eigenvalue weighted by molar-refractivity contribution is 0.0985. The van der Waals surface area contributed by atoms with Crippen LogP contribution in [0.25, 0.3) is 0 Å². The summed E-state index contributed by atoms with van der Waals surface area (Å²) in [6.45, 7) is 3.73. The minimum absolute atomic E-state index is 0.0710. The van der Waals surface area contributed by atoms with Crippen molar-refractivity contribution in [2.45, 2.75) is 45.4 Å². The van der Waals surface area contributed by atoms with Crippen LogP contribution in [0.1, 0.15) is 54.9 Å². The molecule has 3 nitrogen and oxygen atoms in total. The monoisotopic (exact) mass is 337 g/mol. The second-order valence-electron chi connectivity index (χ2n) is 6.62. The number of unbranched alkanes of at least 4 members (excludes halogenated alkanes) is 3. The zero-order chi connectivity index (χ0) is 17.5. The Morgan fingerprint density at radius 3 is 2.64 bits per heavy atom. The predicted molar refractivity (Wildman–Crippen MR) is 103 cm³/mol. The Kier molecular flexibility index (Phi) is 6.10. The van der Waals surface area contributed by atoms with Gasteiger partial charge in [0.2, 0.25) is 0 Å². The Bertz CT molecular complexity index is 693. The lowest BCUT2D eigenvalue weighted by Crippen LogP contribution is -2.35. The third kappa shape index (κ3) is 4.41. The van der Waals surface area contributed by atoms with E-state index in [-0.39, 0.29) is 5.91 Å². The summed E-state index contributed by atoms with van der Waals surface area (Å²) in [7, 11) is 0. The molecule has 1 aliphatic rings. The topological polar surface area (TPSA) is 29.5 Å². The van der Waals surface area contributed by atoms with Crippen LogP contribution in [0.5, 0.6) is 5.75 Å². The molecule has 1 amide bonds. The van der Waals surface area contributed by atoms with E-state index in [9.17, 15) is 4.79 Å². The van der Waals surface area contributed by atoms with E-state index in [2.05, 4.69) is 13.0 Å². The van der Waals surface area contributed by atoms with Crippen LogP contribution >= 0.6 is 0 Å². The van der Waals surface area contributed by atoms with Gasteiger partial charge in [-0.15, -0.1) is 0 Å². The first kappa shape index (κ1) is 17.5. The number of benzene rings is 2. The largest absolute Gasteiger partial charge is 0.494 e. The minimum atomic E-state index is 0.0710. The second kappa shape index (κ2) is 8.70. The molecule has 0 fully saturated rings. The lowest BCUT2D eigenvalue weighted by atomic mass is 10.0. The number of fused-ring (bicyclic) bond motifs is 1. The molecule has 1 heterocycles. The van der Waals surface area contributed by atoms with E-state index in [0.717, 1.165) is 49.4 Å². The van der Waals surface area contributed by atoms with Gasteiger partial charge >= 0.3 is 0 Å². The number of nitrogens with zero attached hydrogens (tertiary/aromatic N) is 1. The van der Waals surface area contributed by atoms with Gasteiger partial charge in [0.25, 0.3) is 5.91 Å². The highest BCUT2D eigenvalue weighted by atomic mass is 16.5. The van der Waals surface area contributed by atoms with Crippen molar-refractivity contribution in [1.82, 2.24) is 0 Å². The summed E-state index contributed by atoms with van der Waals surface area (Å²) in [6, 6.07) is 15.8. The fourth-order valence-electron chi connectivity index (χ4n) is 3.31. The lowest BCUT2D eigenvalue weighted by Gasteiger charge is -2.29. The molecule has 3 heteroatoms. The highest BCUT2D eigenvalue weighted by Gasteiger charge is 2.23. The summed E-state index contributed by atoms with van der Waals surface area (Å²) in [5, 5.41) is 0. The molecule has 0 unspecified atom stereocenters. The van der Waals surface area contributed by atoms with Gasteiger partial charge in [-0.05, 0) is 55.2 Å². The van der Waals surface area contributed by atoms with Crippen LogP contribution in [0.15, 0.2) is 48.5 Å². The zero-order valence-corrected chi connectivity index (χ0v) is 15.0. The van der Waals surface area contributed by atoms with Crippen LogP contribution < -0.4 is 9.64 Å². The number of amides is 1. The Labute approximate surface area is 150 Å². The van der Waals surface area contributed by atoms with Gasteiger partial charge in [0.15, 0.2) is 0 Å². The number of carbonyl (C=O) groups is 1. The molecule has 132 valence electrons. The molecule has 0 atom stereocenters. The maximum Gasteiger partial charge on any atom is 0.258 e. The van der Waals surface area contributed by atoms with Gasteiger partial charge in [-0.25, -0.2) is 0 Å². The average molecular weight is 337 g/mol. The summed E-state index contributed by atoms with van der Waals surface area (Å²) < 4.78 is 5.76. The highest BCUT2D eigenvalue weighted by molar-refractivity contribution is 6.06. The molecular weight excluding hydrogens is 310 g/mol. The molecule has 0 bridgehead atoms. The van der Waals surface area contributed by atoms with Crippen LogP contribution in [0.2, 0.25) is 0 Å². The van der Waals surface area contributed by atoms with E-state index in [1.807, 2.05) is 47.4 Å². The normalized spacial score (nSPS) is 13.4. The zero-order valence-electron chi connectivity index (χ0n) is 15.0. The van der Waals surface area contributed by atoms with Crippen molar-refractivity contribution in [3.63, 3.8) is 0 Å². The van der Waals surface area contributed by atoms with Gasteiger partial charge in [0, 0.05) is 17.8 Å². The first-order valence-corrected chi connectivity index (χ1v) is 9.42. The number of ether oxygens (including phenoxy) is 1. The number of hydrogen-bond donors (Lipinski definition) is 0. The minimum Gasteiger partial charge on any atom is -0.494 e. The van der Waals surface area contributed by atoms with Gasteiger partial charge < -0.3 is 9.64 Å². The first-order chi connectivity index (χ1) is 12.3. The molecule has 0 aliphatic carbocycles. The molecule has 25 heavy (non-hydrogen) atoms. The van der Waals surface area contributed by atoms with Gasteiger partial charge in [0.05, 0.1) is 6.61 Å². The summed E-state index contributed by atoms with van der Waals surface area (Å²) >= 11 is 0. The van der Waals surface area contributed by atoms with Gasteiger partial charge in [-0.3, -0.25) is 4.79 Å². The van der Waals surface area contributed by atoms with Crippen molar-refractivity contribution in [2.75, 3.05) is 18.1 Å². The quantitative estimate of drug-likeness (QED) is 0.647. The highest BCUT2D eigenvalue weighted by Crippen LogP contribution is 2.28. The van der Waals surface area contributed by atoms with Gasteiger partial charge in [0.1, 0.15) is 5.75 Å². The van der Waals surface area contributed by atoms with Crippen LogP contribution in [-0.2, 0) is 6.42 Å². The average Bonchev–Trinajstić information content (AvgIpc) is 2.67. The number of para-hydroxylation sites is 1. The SMILES string of the molecule is CCCCCCOc1ccc(C(=O)N2CCCc3ccccc32)cc1. The van der Waals surface area contributed by atoms with E-state index >= 15 is 0 Å². The van der Waals surface area contributed by atoms with Crippen molar-refractivity contribution in [2.24, 2.45) is 0 Å². The molecule has 0 N–H and O–H groups in total. The Balaban J connectivity index is 1.62. The molecule has 0 radical (unpaired) electrons. The van der Waals surface area contributed by atoms with Crippen molar-refractivity contribution >= 4 is 11.6 Å². The predicted octanol–water partition coefficient (Wildman–Crippen LogP) is 5.24. The van der Waals surface area contributed by atoms with E-state index < -0.39 is 0 Å². The summed E-state index contributed by atoms with van der Waals surface area (Å²) in [5.41, 5.74) is 3.03. The molecule has 1 aliphatic heterocycles. The summed E-state index contributed by atoms with van der Waals surface area (Å²) in [6.07, 6.45) is 6.84. The second-order valence-corrected chi connectivity index (χ2v) is 6.62. The van der Waals surface area contributed by atoms with E-state index in [1.165, 1.54) is 24.8 Å². The third-order valence-corrected chi connectivity index (χ3v) is 4.72. The molecule has 3 rings (SSSR count). The number of rotatable bonds is 7. The fourth-order valence-corrected chi connectivity index (χ4v) is 3.31. The van der Waals surface area contributed by atoms with E-state index in [4.69, 9.17) is 4.74 Å². The number of anilines is 1. The van der Waals surface area contributed by atoms with Crippen molar-refractivity contribution < 1.29 is 9.53 Å². The Hall–Kier alpha value is -2.29. The summed E-state index contributed by atoms with van der Waals surface area (Å²) in [5.74, 6) is 0.911. The van der Waals surface area contributed by atoms with Crippen LogP contribution in [0.3, 0.4) is 0 Å². The van der Waals surface area contributed by atoms with Gasteiger partial charge in [-0.1, -0.05) is 44.4 Å². The molecule has 2 aromatic rings. The molecule has 0 saturated carbocycles. The standard InChI is InChI=1S/C22H27NO2/c1-2-3-4-7-17-25-20-14-12-19(13-15-20)22(24)23-16-8-10-18-9-5-6-11-21(18)23/h5-6,9,11-15H,2-4,7-8,10,16-17H2,1H3. The molecular formula is C22H27NO2. The molecule has 2 aromatic carbocycles. The van der Waals surface area contributed by atoms with Crippen molar-refractivity contribution in [3.05, 3.63) is 59.7 Å². The van der Waals surface area contributed by atoms with E-state index in [1.54, 1.807) is 0 Å². The fraction of sp³-hybridized carbons (Fsp3) is 0.409. The summed E-state index contributed by atoms with van der Waals surface area (Å²) in [4.78, 5) is 14.8. The van der Waals surface area contributed by atoms with Crippen molar-refractivity contribution in [1.29, 1.82) is 0 Å². The Morgan fingerprint density at radius 2 is 1.84 bits per heavy atom. The van der Waals surface area contributed by atoms with Crippen LogP contribution in [-0.4, -0.2) is 19.1 Å². The van der Waals surface area contributed by atoms with Crippen LogP contribution in [0.4, 0.5) is 5.69 Å². The molecule has 0 saturated heterocycles. The Morgan fingerprint density at radius 1 is 1.04 bits per heavy atom. The molecule has 0 aromatic heterocycles. The maximum absolute atomic E-state index is 12.9. The number of hydrogen-bond acceptors (Lipinski definition) is 2. The van der Waals surface area contributed by atoms with Crippen molar-refractivity contribution in [3.8, 4) is 5.75 Å². The molecule has 0 spiro atoms. The third-order valence-electron chi connectivity index (χ3n) is 4.72. The number of carbonyl (C=O) groups excluding carboxylic acids is 1. The number of aryl methyl sites for hydroxylation is 1. The smallest absolute Gasteiger partial charge is 0.258 e. The van der Waals surface area contributed by atoms with E-state index in [0.29, 0.717) is 0 Å². The maximum atomic E-state index is 12.9.